The van der Waals surface area contributed by atoms with Crippen molar-refractivity contribution in [3.05, 3.63) is 15.8 Å². The minimum Gasteiger partial charge on any atom is -0.396 e. The van der Waals surface area contributed by atoms with Gasteiger partial charge in [0, 0.05) is 0 Å². The molecule has 0 atom stereocenters. The summed E-state index contributed by atoms with van der Waals surface area (Å²) in [7, 11) is 0. The van der Waals surface area contributed by atoms with Gasteiger partial charge in [0.05, 0.1) is 5.69 Å². The van der Waals surface area contributed by atoms with Gasteiger partial charge in [0.15, 0.2) is 5.15 Å². The molecule has 0 saturated heterocycles. The molecule has 1 heterocycles. The van der Waals surface area contributed by atoms with Crippen LogP contribution < -0.4 is 5.73 Å². The summed E-state index contributed by atoms with van der Waals surface area (Å²) < 4.78 is 0.587. The lowest BCUT2D eigenvalue weighted by Crippen LogP contribution is -1.91. The lowest BCUT2D eigenvalue weighted by atomic mass is 10.5. The first-order valence-electron chi connectivity index (χ1n) is 2.14. The van der Waals surface area contributed by atoms with E-state index in [1.807, 2.05) is 0 Å². The van der Waals surface area contributed by atoms with Crippen LogP contribution in [0.1, 0.15) is 0 Å². The summed E-state index contributed by atoms with van der Waals surface area (Å²) in [6.07, 6.45) is 0. The molecule has 0 aromatic carbocycles. The van der Waals surface area contributed by atoms with Gasteiger partial charge in [-0.1, -0.05) is 11.6 Å². The number of nitrogens with two attached hydrogens (primary N) is 1. The molecule has 9 heavy (non-hydrogen) atoms. The third-order valence-electron chi connectivity index (χ3n) is 0.746. The van der Waals surface area contributed by atoms with Gasteiger partial charge in [-0.15, -0.1) is 10.2 Å². The molecular formula is C4H3BrClN3. The van der Waals surface area contributed by atoms with Crippen molar-refractivity contribution in [3.63, 3.8) is 0 Å². The van der Waals surface area contributed by atoms with Crippen LogP contribution in [-0.2, 0) is 0 Å². The predicted octanol–water partition coefficient (Wildman–Crippen LogP) is 1.47. The number of nitrogens with zero attached hydrogens (tertiary/aromatic N) is 2. The molecule has 1 aromatic heterocycles. The van der Waals surface area contributed by atoms with Gasteiger partial charge in [-0.2, -0.15) is 0 Å². The standard InChI is InChI=1S/C4H3BrClN3/c5-3-1-2(7)4(6)9-8-3/h1H,(H2,7,8). The average molecular weight is 208 g/mol. The Labute approximate surface area is 65.3 Å². The molecular weight excluding hydrogens is 205 g/mol. The first kappa shape index (κ1) is 6.77. The summed E-state index contributed by atoms with van der Waals surface area (Å²) in [5.41, 5.74) is 5.79. The zero-order valence-corrected chi connectivity index (χ0v) is 6.65. The minimum atomic E-state index is 0.234. The fraction of sp³-hybridized carbons (Fsp3) is 0. The van der Waals surface area contributed by atoms with Gasteiger partial charge in [-0.3, -0.25) is 0 Å². The van der Waals surface area contributed by atoms with Crippen molar-refractivity contribution in [2.24, 2.45) is 0 Å². The summed E-state index contributed by atoms with van der Waals surface area (Å²) in [6, 6.07) is 1.59. The molecule has 0 aliphatic carbocycles. The number of hydrogen-bond acceptors (Lipinski definition) is 3. The summed E-state index contributed by atoms with van der Waals surface area (Å²) in [4.78, 5) is 0. The van der Waals surface area contributed by atoms with E-state index in [0.29, 0.717) is 10.3 Å². The highest BCUT2D eigenvalue weighted by Crippen LogP contribution is 2.16. The molecule has 0 radical (unpaired) electrons. The number of halogens is 2. The Kier molecular flexibility index (Phi) is 1.87. The van der Waals surface area contributed by atoms with E-state index in [9.17, 15) is 0 Å². The molecule has 0 aliphatic rings. The zero-order valence-electron chi connectivity index (χ0n) is 4.31. The molecule has 1 rings (SSSR count). The molecule has 3 nitrogen and oxygen atoms in total. The van der Waals surface area contributed by atoms with E-state index < -0.39 is 0 Å². The van der Waals surface area contributed by atoms with Gasteiger partial charge in [0.25, 0.3) is 0 Å². The van der Waals surface area contributed by atoms with Crippen LogP contribution in [0.4, 0.5) is 5.69 Å². The van der Waals surface area contributed by atoms with E-state index in [2.05, 4.69) is 26.1 Å². The third kappa shape index (κ3) is 1.53. The topological polar surface area (TPSA) is 51.8 Å². The Bertz CT molecular complexity index is 227. The minimum absolute atomic E-state index is 0.234. The molecule has 0 unspecified atom stereocenters. The highest BCUT2D eigenvalue weighted by molar-refractivity contribution is 9.10. The number of nitrogen functional groups attached to an aromatic ring is 1. The Morgan fingerprint density at radius 2 is 2.22 bits per heavy atom. The quantitative estimate of drug-likeness (QED) is 0.702. The lowest BCUT2D eigenvalue weighted by Gasteiger charge is -1.92. The monoisotopic (exact) mass is 207 g/mol. The largest absolute Gasteiger partial charge is 0.396 e. The molecule has 1 aromatic rings. The van der Waals surface area contributed by atoms with Crippen molar-refractivity contribution in [1.82, 2.24) is 10.2 Å². The van der Waals surface area contributed by atoms with Crippen LogP contribution in [0.25, 0.3) is 0 Å². The van der Waals surface area contributed by atoms with Crippen LogP contribution in [0.2, 0.25) is 5.15 Å². The van der Waals surface area contributed by atoms with Gasteiger partial charge in [-0.25, -0.2) is 0 Å². The van der Waals surface area contributed by atoms with Crippen LogP contribution in [0, 0.1) is 0 Å². The fourth-order valence-electron chi connectivity index (χ4n) is 0.366. The Morgan fingerprint density at radius 3 is 2.67 bits per heavy atom. The third-order valence-corrected chi connectivity index (χ3v) is 1.43. The molecule has 2 N–H and O–H groups in total. The van der Waals surface area contributed by atoms with Gasteiger partial charge in [-0.05, 0) is 22.0 Å². The molecule has 5 heteroatoms. The predicted molar refractivity (Wildman–Crippen MR) is 39.2 cm³/mol. The van der Waals surface area contributed by atoms with Crippen LogP contribution in [0.5, 0.6) is 0 Å². The van der Waals surface area contributed by atoms with Crippen LogP contribution >= 0.6 is 27.5 Å². The van der Waals surface area contributed by atoms with Crippen molar-refractivity contribution in [2.45, 2.75) is 0 Å². The van der Waals surface area contributed by atoms with Gasteiger partial charge >= 0.3 is 0 Å². The summed E-state index contributed by atoms with van der Waals surface area (Å²) in [5.74, 6) is 0. The van der Waals surface area contributed by atoms with Crippen molar-refractivity contribution in [3.8, 4) is 0 Å². The summed E-state index contributed by atoms with van der Waals surface area (Å²) in [6.45, 7) is 0. The fourth-order valence-corrected chi connectivity index (χ4v) is 0.784. The van der Waals surface area contributed by atoms with E-state index in [1.165, 1.54) is 0 Å². The van der Waals surface area contributed by atoms with Crippen molar-refractivity contribution < 1.29 is 0 Å². The first-order chi connectivity index (χ1) is 4.20. The Morgan fingerprint density at radius 1 is 1.56 bits per heavy atom. The number of rotatable bonds is 0. The second-order valence-corrected chi connectivity index (χ2v) is 2.58. The van der Waals surface area contributed by atoms with E-state index in [0.717, 1.165) is 0 Å². The molecule has 0 bridgehead atoms. The van der Waals surface area contributed by atoms with E-state index in [1.54, 1.807) is 6.07 Å². The van der Waals surface area contributed by atoms with Gasteiger partial charge in [0.2, 0.25) is 0 Å². The van der Waals surface area contributed by atoms with E-state index >= 15 is 0 Å². The van der Waals surface area contributed by atoms with Crippen LogP contribution in [0.3, 0.4) is 0 Å². The van der Waals surface area contributed by atoms with Gasteiger partial charge < -0.3 is 5.73 Å². The number of aromatic nitrogens is 2. The lowest BCUT2D eigenvalue weighted by molar-refractivity contribution is 1.01. The van der Waals surface area contributed by atoms with E-state index in [-0.39, 0.29) is 5.15 Å². The smallest absolute Gasteiger partial charge is 0.174 e. The molecule has 0 aliphatic heterocycles. The maximum atomic E-state index is 5.46. The first-order valence-corrected chi connectivity index (χ1v) is 3.31. The van der Waals surface area contributed by atoms with Crippen molar-refractivity contribution in [1.29, 1.82) is 0 Å². The maximum absolute atomic E-state index is 5.46. The van der Waals surface area contributed by atoms with Crippen molar-refractivity contribution in [2.75, 3.05) is 5.73 Å². The second kappa shape index (κ2) is 2.49. The van der Waals surface area contributed by atoms with E-state index in [4.69, 9.17) is 17.3 Å². The summed E-state index contributed by atoms with van der Waals surface area (Å²) >= 11 is 8.55. The number of hydrogen-bond donors (Lipinski definition) is 1. The molecule has 0 spiro atoms. The molecule has 48 valence electrons. The second-order valence-electron chi connectivity index (χ2n) is 1.41. The normalized spacial score (nSPS) is 9.56. The molecule has 0 amide bonds. The van der Waals surface area contributed by atoms with Crippen LogP contribution in [-0.4, -0.2) is 10.2 Å². The Balaban J connectivity index is 3.17. The van der Waals surface area contributed by atoms with Crippen LogP contribution in [0.15, 0.2) is 10.7 Å². The SMILES string of the molecule is Nc1cc(Br)nnc1Cl. The highest BCUT2D eigenvalue weighted by atomic mass is 79.9. The van der Waals surface area contributed by atoms with Gasteiger partial charge in [0.1, 0.15) is 4.60 Å². The number of anilines is 1. The molecule has 0 fully saturated rings. The highest BCUT2D eigenvalue weighted by Gasteiger charge is 1.96. The average Bonchev–Trinajstić information content (AvgIpc) is 1.80. The molecule has 0 saturated carbocycles. The Hall–Kier alpha value is -0.350. The van der Waals surface area contributed by atoms with Crippen molar-refractivity contribution >= 4 is 33.2 Å². The maximum Gasteiger partial charge on any atom is 0.174 e. The summed E-state index contributed by atoms with van der Waals surface area (Å²) in [5, 5.41) is 7.35. The zero-order chi connectivity index (χ0) is 6.85.